The maximum absolute atomic E-state index is 12.7. The average Bonchev–Trinajstić information content (AvgIpc) is 3.21. The summed E-state index contributed by atoms with van der Waals surface area (Å²) in [7, 11) is 1.54. The summed E-state index contributed by atoms with van der Waals surface area (Å²) in [6, 6.07) is 10.3. The fourth-order valence-electron chi connectivity index (χ4n) is 3.83. The number of esters is 1. The van der Waals surface area contributed by atoms with Gasteiger partial charge in [-0.1, -0.05) is 12.1 Å². The van der Waals surface area contributed by atoms with E-state index in [2.05, 4.69) is 15.6 Å². The molecule has 0 bridgehead atoms. The van der Waals surface area contributed by atoms with Crippen molar-refractivity contribution in [3.8, 4) is 5.75 Å². The van der Waals surface area contributed by atoms with Crippen LogP contribution in [0, 0.1) is 0 Å². The molecule has 0 unspecified atom stereocenters. The molecule has 2 heterocycles. The Morgan fingerprint density at radius 2 is 1.91 bits per heavy atom. The van der Waals surface area contributed by atoms with E-state index in [1.807, 2.05) is 12.1 Å². The summed E-state index contributed by atoms with van der Waals surface area (Å²) < 4.78 is 10.5. The Kier molecular flexibility index (Phi) is 7.07. The lowest BCUT2D eigenvalue weighted by atomic mass is 9.95. The van der Waals surface area contributed by atoms with Crippen LogP contribution in [0.2, 0.25) is 0 Å². The summed E-state index contributed by atoms with van der Waals surface area (Å²) in [5.41, 5.74) is 7.62. The molecule has 4 N–H and O–H groups in total. The van der Waals surface area contributed by atoms with E-state index < -0.39 is 24.4 Å². The van der Waals surface area contributed by atoms with Gasteiger partial charge >= 0.3 is 5.97 Å². The number of thiophene rings is 1. The van der Waals surface area contributed by atoms with Gasteiger partial charge in [-0.25, -0.2) is 9.78 Å². The van der Waals surface area contributed by atoms with Crippen molar-refractivity contribution in [1.82, 2.24) is 4.98 Å². The molecule has 176 valence electrons. The molecule has 0 radical (unpaired) electrons. The number of carbonyl (C=O) groups excluding carboxylic acids is 3. The van der Waals surface area contributed by atoms with E-state index >= 15 is 0 Å². The number of anilines is 3. The van der Waals surface area contributed by atoms with Gasteiger partial charge in [0.2, 0.25) is 0 Å². The minimum absolute atomic E-state index is 0.158. The topological polar surface area (TPSA) is 133 Å². The number of fused-ring (bicyclic) bond motifs is 1. The lowest BCUT2D eigenvalue weighted by molar-refractivity contribution is -0.119. The minimum Gasteiger partial charge on any atom is -0.495 e. The third-order valence-electron chi connectivity index (χ3n) is 5.39. The molecule has 0 aliphatic heterocycles. The minimum atomic E-state index is -0.721. The summed E-state index contributed by atoms with van der Waals surface area (Å²) in [4.78, 5) is 42.5. The molecule has 0 atom stereocenters. The van der Waals surface area contributed by atoms with Crippen LogP contribution in [0.3, 0.4) is 0 Å². The Hall–Kier alpha value is -3.92. The standard InChI is InChI=1S/C24H24N4O5S/c1-32-17-10-4-3-9-16(17)27-22-15(8-6-12-26-22)24(31)33-13-19(29)28-23-20(21(25)30)14-7-2-5-11-18(14)34-23/h3-4,6,8-10,12H,2,5,7,11,13H2,1H3,(H2,25,30)(H,26,27)(H,28,29). The smallest absolute Gasteiger partial charge is 0.342 e. The predicted molar refractivity (Wildman–Crippen MR) is 129 cm³/mol. The number of pyridine rings is 1. The van der Waals surface area contributed by atoms with Gasteiger partial charge in [-0.05, 0) is 55.5 Å². The van der Waals surface area contributed by atoms with Crippen molar-refractivity contribution in [1.29, 1.82) is 0 Å². The van der Waals surface area contributed by atoms with E-state index in [0.29, 0.717) is 22.0 Å². The Morgan fingerprint density at radius 1 is 1.12 bits per heavy atom. The highest BCUT2D eigenvalue weighted by Gasteiger charge is 2.25. The molecule has 0 fully saturated rings. The molecule has 1 aliphatic carbocycles. The first-order valence-electron chi connectivity index (χ1n) is 10.7. The summed E-state index contributed by atoms with van der Waals surface area (Å²) >= 11 is 1.35. The Morgan fingerprint density at radius 3 is 2.71 bits per heavy atom. The number of nitrogens with two attached hydrogens (primary N) is 1. The number of nitrogens with zero attached hydrogens (tertiary/aromatic N) is 1. The number of para-hydroxylation sites is 2. The predicted octanol–water partition coefficient (Wildman–Crippen LogP) is 3.67. The van der Waals surface area contributed by atoms with E-state index in [1.54, 1.807) is 31.4 Å². The summed E-state index contributed by atoms with van der Waals surface area (Å²) in [5, 5.41) is 6.14. The molecule has 3 aromatic rings. The third-order valence-corrected chi connectivity index (χ3v) is 6.60. The van der Waals surface area contributed by atoms with Crippen LogP contribution >= 0.6 is 11.3 Å². The van der Waals surface area contributed by atoms with Crippen LogP contribution in [0.25, 0.3) is 0 Å². The first kappa shape index (κ1) is 23.2. The number of ether oxygens (including phenoxy) is 2. The number of rotatable bonds is 8. The van der Waals surface area contributed by atoms with Crippen LogP contribution in [0.5, 0.6) is 5.75 Å². The first-order valence-corrected chi connectivity index (χ1v) is 11.6. The van der Waals surface area contributed by atoms with E-state index in [1.165, 1.54) is 17.5 Å². The fraction of sp³-hybridized carbons (Fsp3) is 0.250. The van der Waals surface area contributed by atoms with Crippen molar-refractivity contribution in [3.63, 3.8) is 0 Å². The second-order valence-electron chi connectivity index (χ2n) is 7.63. The Balaban J connectivity index is 1.43. The molecule has 1 aliphatic rings. The molecule has 9 nitrogen and oxygen atoms in total. The molecule has 34 heavy (non-hydrogen) atoms. The number of primary amides is 1. The highest BCUT2D eigenvalue weighted by atomic mass is 32.1. The maximum atomic E-state index is 12.7. The lowest BCUT2D eigenvalue weighted by Gasteiger charge is -2.13. The van der Waals surface area contributed by atoms with E-state index in [-0.39, 0.29) is 11.4 Å². The van der Waals surface area contributed by atoms with Gasteiger partial charge in [0, 0.05) is 11.1 Å². The number of hydrogen-bond donors (Lipinski definition) is 3. The van der Waals surface area contributed by atoms with Crippen molar-refractivity contribution in [3.05, 3.63) is 64.2 Å². The zero-order valence-electron chi connectivity index (χ0n) is 18.6. The third kappa shape index (κ3) is 5.01. The van der Waals surface area contributed by atoms with Crippen molar-refractivity contribution in [2.24, 2.45) is 5.73 Å². The van der Waals surface area contributed by atoms with Crippen molar-refractivity contribution in [2.45, 2.75) is 25.7 Å². The van der Waals surface area contributed by atoms with E-state index in [9.17, 15) is 14.4 Å². The summed E-state index contributed by atoms with van der Waals surface area (Å²) in [6.07, 6.45) is 5.16. The Bertz CT molecular complexity index is 1240. The van der Waals surface area contributed by atoms with E-state index in [4.69, 9.17) is 15.2 Å². The van der Waals surface area contributed by atoms with Gasteiger partial charge < -0.3 is 25.8 Å². The maximum Gasteiger partial charge on any atom is 0.342 e. The van der Waals surface area contributed by atoms with Crippen LogP contribution in [-0.2, 0) is 22.4 Å². The second kappa shape index (κ2) is 10.3. The zero-order valence-corrected chi connectivity index (χ0v) is 19.4. The van der Waals surface area contributed by atoms with Crippen LogP contribution in [0.4, 0.5) is 16.5 Å². The molecule has 0 spiro atoms. The number of nitrogens with one attached hydrogen (secondary N) is 2. The lowest BCUT2D eigenvalue weighted by Crippen LogP contribution is -2.23. The molecule has 2 aromatic heterocycles. The summed E-state index contributed by atoms with van der Waals surface area (Å²) in [5.74, 6) is -1.01. The normalized spacial score (nSPS) is 12.4. The Labute approximate surface area is 200 Å². The van der Waals surface area contributed by atoms with Crippen LogP contribution in [0.15, 0.2) is 42.6 Å². The second-order valence-corrected chi connectivity index (χ2v) is 8.73. The fourth-order valence-corrected chi connectivity index (χ4v) is 5.14. The highest BCUT2D eigenvalue weighted by Crippen LogP contribution is 2.37. The first-order chi connectivity index (χ1) is 16.5. The number of aromatic nitrogens is 1. The van der Waals surface area contributed by atoms with Gasteiger partial charge in [-0.15, -0.1) is 11.3 Å². The highest BCUT2D eigenvalue weighted by molar-refractivity contribution is 7.17. The number of aryl methyl sites for hydroxylation is 1. The molecule has 0 saturated heterocycles. The van der Waals surface area contributed by atoms with Gasteiger partial charge in [0.05, 0.1) is 18.4 Å². The van der Waals surface area contributed by atoms with Gasteiger partial charge in [0.15, 0.2) is 6.61 Å². The van der Waals surface area contributed by atoms with Crippen molar-refractivity contribution in [2.75, 3.05) is 24.4 Å². The average molecular weight is 481 g/mol. The molecular weight excluding hydrogens is 456 g/mol. The quantitative estimate of drug-likeness (QED) is 0.419. The molecule has 1 aromatic carbocycles. The number of methoxy groups -OCH3 is 1. The largest absolute Gasteiger partial charge is 0.495 e. The molecular formula is C24H24N4O5S. The van der Waals surface area contributed by atoms with Crippen LogP contribution in [0.1, 0.15) is 44.0 Å². The number of amides is 2. The molecule has 2 amide bonds. The zero-order chi connectivity index (χ0) is 24.1. The van der Waals surface area contributed by atoms with Crippen LogP contribution in [-0.4, -0.2) is 36.5 Å². The monoisotopic (exact) mass is 480 g/mol. The van der Waals surface area contributed by atoms with Crippen molar-refractivity contribution < 1.29 is 23.9 Å². The SMILES string of the molecule is COc1ccccc1Nc1ncccc1C(=O)OCC(=O)Nc1sc2c(c1C(N)=O)CCCC2. The van der Waals surface area contributed by atoms with Gasteiger partial charge in [-0.2, -0.15) is 0 Å². The molecule has 4 rings (SSSR count). The van der Waals surface area contributed by atoms with Gasteiger partial charge in [0.25, 0.3) is 11.8 Å². The molecule has 0 saturated carbocycles. The molecule has 10 heteroatoms. The summed E-state index contributed by atoms with van der Waals surface area (Å²) in [6.45, 7) is -0.525. The number of benzene rings is 1. The van der Waals surface area contributed by atoms with Gasteiger partial charge in [-0.3, -0.25) is 9.59 Å². The van der Waals surface area contributed by atoms with E-state index in [0.717, 1.165) is 36.1 Å². The number of carbonyl (C=O) groups is 3. The van der Waals surface area contributed by atoms with Crippen LogP contribution < -0.4 is 21.1 Å². The van der Waals surface area contributed by atoms with Gasteiger partial charge in [0.1, 0.15) is 22.1 Å². The number of hydrogen-bond acceptors (Lipinski definition) is 8. The van der Waals surface area contributed by atoms with Crippen molar-refractivity contribution >= 4 is 45.6 Å².